The summed E-state index contributed by atoms with van der Waals surface area (Å²) in [6, 6.07) is 13.0. The number of imidazole rings is 1. The number of halogens is 1. The van der Waals surface area contributed by atoms with Gasteiger partial charge in [0.25, 0.3) is 0 Å². The quantitative estimate of drug-likeness (QED) is 0.324. The maximum absolute atomic E-state index is 15.1. The predicted octanol–water partition coefficient (Wildman–Crippen LogP) is 4.87. The van der Waals surface area contributed by atoms with Gasteiger partial charge in [0.05, 0.1) is 5.69 Å². The molecule has 0 spiro atoms. The Hall–Kier alpha value is -4.50. The molecule has 0 amide bonds. The first-order chi connectivity index (χ1) is 17.2. The van der Waals surface area contributed by atoms with E-state index in [-0.39, 0.29) is 0 Å². The van der Waals surface area contributed by atoms with E-state index in [2.05, 4.69) is 35.5 Å². The minimum absolute atomic E-state index is 0.318. The van der Waals surface area contributed by atoms with Crippen molar-refractivity contribution in [1.82, 2.24) is 40.4 Å². The van der Waals surface area contributed by atoms with E-state index in [0.29, 0.717) is 45.7 Å². The van der Waals surface area contributed by atoms with Crippen molar-refractivity contribution in [3.63, 3.8) is 0 Å². The molecule has 5 aromatic heterocycles. The van der Waals surface area contributed by atoms with Crippen LogP contribution in [0.1, 0.15) is 12.5 Å². The summed E-state index contributed by atoms with van der Waals surface area (Å²) >= 11 is 0. The summed E-state index contributed by atoms with van der Waals surface area (Å²) in [5, 5.41) is 11.1. The van der Waals surface area contributed by atoms with Gasteiger partial charge < -0.3 is 10.3 Å². The molecule has 6 rings (SSSR count). The highest BCUT2D eigenvalue weighted by Crippen LogP contribution is 2.33. The van der Waals surface area contributed by atoms with E-state index in [0.717, 1.165) is 28.9 Å². The first kappa shape index (κ1) is 21.1. The molecule has 0 atom stereocenters. The highest BCUT2D eigenvalue weighted by molar-refractivity contribution is 5.97. The van der Waals surface area contributed by atoms with Crippen molar-refractivity contribution >= 4 is 22.1 Å². The molecular formula is C26H21FN8. The van der Waals surface area contributed by atoms with Gasteiger partial charge in [-0.2, -0.15) is 5.10 Å². The minimum Gasteiger partial charge on any atom is -0.321 e. The average molecular weight is 465 g/mol. The molecule has 8 nitrogen and oxygen atoms in total. The molecule has 0 aliphatic carbocycles. The molecule has 6 aromatic rings. The zero-order valence-corrected chi connectivity index (χ0v) is 18.9. The number of aromatic nitrogens is 7. The zero-order valence-electron chi connectivity index (χ0n) is 18.9. The van der Waals surface area contributed by atoms with E-state index in [9.17, 15) is 0 Å². The molecule has 5 heterocycles. The molecule has 0 fully saturated rings. The van der Waals surface area contributed by atoms with Gasteiger partial charge in [-0.05, 0) is 54.1 Å². The van der Waals surface area contributed by atoms with Crippen LogP contribution in [0.4, 0.5) is 4.39 Å². The second kappa shape index (κ2) is 8.69. The van der Waals surface area contributed by atoms with Crippen LogP contribution in [-0.2, 0) is 6.54 Å². The molecule has 0 saturated carbocycles. The number of H-pyrrole nitrogens is 2. The van der Waals surface area contributed by atoms with E-state index in [1.54, 1.807) is 18.6 Å². The van der Waals surface area contributed by atoms with Crippen LogP contribution >= 0.6 is 0 Å². The minimum atomic E-state index is -0.392. The Morgan fingerprint density at radius 3 is 2.80 bits per heavy atom. The summed E-state index contributed by atoms with van der Waals surface area (Å²) in [5.41, 5.74) is 6.34. The molecule has 1 aromatic carbocycles. The van der Waals surface area contributed by atoms with Gasteiger partial charge in [0.1, 0.15) is 22.5 Å². The second-order valence-corrected chi connectivity index (χ2v) is 8.17. The normalized spacial score (nSPS) is 11.5. The lowest BCUT2D eigenvalue weighted by molar-refractivity contribution is 0.636. The molecule has 0 aliphatic rings. The van der Waals surface area contributed by atoms with Crippen molar-refractivity contribution in [2.24, 2.45) is 0 Å². The number of hydrogen-bond donors (Lipinski definition) is 3. The fourth-order valence-corrected chi connectivity index (χ4v) is 4.19. The van der Waals surface area contributed by atoms with Crippen molar-refractivity contribution in [2.75, 3.05) is 6.54 Å². The lowest BCUT2D eigenvalue weighted by Gasteiger charge is -2.07. The Bertz CT molecular complexity index is 1660. The molecule has 3 N–H and O–H groups in total. The van der Waals surface area contributed by atoms with Crippen LogP contribution in [0.2, 0.25) is 0 Å². The molecule has 0 unspecified atom stereocenters. The summed E-state index contributed by atoms with van der Waals surface area (Å²) in [6.07, 6.45) is 7.00. The smallest absolute Gasteiger partial charge is 0.160 e. The van der Waals surface area contributed by atoms with E-state index in [1.165, 1.54) is 6.07 Å². The largest absolute Gasteiger partial charge is 0.321 e. The maximum Gasteiger partial charge on any atom is 0.160 e. The summed E-state index contributed by atoms with van der Waals surface area (Å²) in [7, 11) is 0. The van der Waals surface area contributed by atoms with Gasteiger partial charge in [-0.25, -0.2) is 14.4 Å². The number of nitrogens with zero attached hydrogens (tertiary/aromatic N) is 5. The Balaban J connectivity index is 1.47. The third kappa shape index (κ3) is 3.81. The lowest BCUT2D eigenvalue weighted by atomic mass is 10.0. The third-order valence-corrected chi connectivity index (χ3v) is 5.88. The first-order valence-corrected chi connectivity index (χ1v) is 11.3. The summed E-state index contributed by atoms with van der Waals surface area (Å²) in [5.74, 6) is 0.106. The number of benzene rings is 1. The fraction of sp³-hybridized carbons (Fsp3) is 0.115. The fourth-order valence-electron chi connectivity index (χ4n) is 4.19. The maximum atomic E-state index is 15.1. The van der Waals surface area contributed by atoms with Crippen LogP contribution in [0.5, 0.6) is 0 Å². The van der Waals surface area contributed by atoms with Crippen molar-refractivity contribution in [2.45, 2.75) is 13.5 Å². The zero-order chi connectivity index (χ0) is 23.8. The number of aromatic amines is 2. The van der Waals surface area contributed by atoms with Gasteiger partial charge in [-0.15, -0.1) is 0 Å². The van der Waals surface area contributed by atoms with E-state index >= 15 is 4.39 Å². The summed E-state index contributed by atoms with van der Waals surface area (Å²) in [4.78, 5) is 21.2. The second-order valence-electron chi connectivity index (χ2n) is 8.17. The summed E-state index contributed by atoms with van der Waals surface area (Å²) in [6.45, 7) is 3.61. The van der Waals surface area contributed by atoms with Crippen molar-refractivity contribution in [3.05, 3.63) is 78.6 Å². The van der Waals surface area contributed by atoms with Crippen LogP contribution in [0.15, 0.2) is 67.3 Å². The predicted molar refractivity (Wildman–Crippen MR) is 133 cm³/mol. The Kier molecular flexibility index (Phi) is 5.23. The first-order valence-electron chi connectivity index (χ1n) is 11.3. The Labute approximate surface area is 199 Å². The van der Waals surface area contributed by atoms with Gasteiger partial charge in [0, 0.05) is 47.8 Å². The standard InChI is InChI=1S/C26H21FN8/c1-2-28-12-15-9-17(14-29-13-15)16-10-19-22(20(27)11-16)34-35-24(19)26-32-23-18(6-8-31-25(23)33-26)21-5-3-4-7-30-21/h3-11,13-14,28H,2,12H2,1H3,(H,34,35)(H,31,32,33). The monoisotopic (exact) mass is 464 g/mol. The average Bonchev–Trinajstić information content (AvgIpc) is 3.52. The summed E-state index contributed by atoms with van der Waals surface area (Å²) < 4.78 is 15.1. The van der Waals surface area contributed by atoms with Crippen LogP contribution in [0.25, 0.3) is 56.0 Å². The van der Waals surface area contributed by atoms with Gasteiger partial charge in [-0.1, -0.05) is 13.0 Å². The van der Waals surface area contributed by atoms with Crippen molar-refractivity contribution in [1.29, 1.82) is 0 Å². The topological polar surface area (TPSA) is 108 Å². The van der Waals surface area contributed by atoms with E-state index in [4.69, 9.17) is 4.98 Å². The Morgan fingerprint density at radius 1 is 1.00 bits per heavy atom. The molecular weight excluding hydrogens is 443 g/mol. The number of rotatable bonds is 6. The number of nitrogens with one attached hydrogen (secondary N) is 3. The number of fused-ring (bicyclic) bond motifs is 2. The van der Waals surface area contributed by atoms with Crippen molar-refractivity contribution in [3.8, 4) is 33.9 Å². The molecule has 0 bridgehead atoms. The van der Waals surface area contributed by atoms with Gasteiger partial charge in [0.15, 0.2) is 11.5 Å². The number of pyridine rings is 3. The van der Waals surface area contributed by atoms with Crippen LogP contribution < -0.4 is 5.32 Å². The molecule has 0 aliphatic heterocycles. The van der Waals surface area contributed by atoms with Crippen LogP contribution in [-0.4, -0.2) is 41.7 Å². The molecule has 0 saturated heterocycles. The molecule has 172 valence electrons. The molecule has 0 radical (unpaired) electrons. The van der Waals surface area contributed by atoms with Crippen LogP contribution in [0.3, 0.4) is 0 Å². The Morgan fingerprint density at radius 2 is 1.94 bits per heavy atom. The van der Waals surface area contributed by atoms with E-state index in [1.807, 2.05) is 49.5 Å². The lowest BCUT2D eigenvalue weighted by Crippen LogP contribution is -2.11. The molecule has 35 heavy (non-hydrogen) atoms. The van der Waals surface area contributed by atoms with Gasteiger partial charge in [-0.3, -0.25) is 15.1 Å². The van der Waals surface area contributed by atoms with Gasteiger partial charge >= 0.3 is 0 Å². The van der Waals surface area contributed by atoms with Crippen molar-refractivity contribution < 1.29 is 4.39 Å². The van der Waals surface area contributed by atoms with Gasteiger partial charge in [0.2, 0.25) is 0 Å². The van der Waals surface area contributed by atoms with Crippen LogP contribution in [0, 0.1) is 5.82 Å². The SMILES string of the molecule is CCNCc1cncc(-c2cc(F)c3[nH]nc(-c4nc5c(-c6ccccn6)ccnc5[nH]4)c3c2)c1. The molecule has 9 heteroatoms. The van der Waals surface area contributed by atoms with E-state index < -0.39 is 5.82 Å². The highest BCUT2D eigenvalue weighted by atomic mass is 19.1. The highest BCUT2D eigenvalue weighted by Gasteiger charge is 2.19. The third-order valence-electron chi connectivity index (χ3n) is 5.88. The number of hydrogen-bond acceptors (Lipinski definition) is 6.